The number of aryl methyl sites for hydroxylation is 1. The van der Waals surface area contributed by atoms with Gasteiger partial charge in [0.25, 0.3) is 0 Å². The lowest BCUT2D eigenvalue weighted by Gasteiger charge is -2.19. The predicted molar refractivity (Wildman–Crippen MR) is 67.8 cm³/mol. The molecule has 2 aromatic carbocycles. The largest absolute Gasteiger partial charge is 0.508 e. The minimum Gasteiger partial charge on any atom is -0.508 e. The zero-order valence-corrected chi connectivity index (χ0v) is 10.1. The van der Waals surface area contributed by atoms with E-state index in [2.05, 4.69) is 0 Å². The van der Waals surface area contributed by atoms with Crippen LogP contribution in [0.2, 0.25) is 0 Å². The maximum atomic E-state index is 12.4. The number of benzene rings is 2. The molecule has 2 aromatic rings. The molecule has 0 saturated carbocycles. The van der Waals surface area contributed by atoms with Crippen molar-refractivity contribution >= 4 is 11.6 Å². The molecule has 0 bridgehead atoms. The third kappa shape index (κ3) is 1.46. The Morgan fingerprint density at radius 3 is 2.37 bits per heavy atom. The number of ketones is 2. The molecule has 0 fully saturated rings. The van der Waals surface area contributed by atoms with Gasteiger partial charge < -0.3 is 10.2 Å². The molecule has 0 spiro atoms. The van der Waals surface area contributed by atoms with Crippen LogP contribution in [0, 0.1) is 6.92 Å². The summed E-state index contributed by atoms with van der Waals surface area (Å²) in [5.41, 5.74) is 1.32. The second-order valence-corrected chi connectivity index (χ2v) is 4.54. The minimum atomic E-state index is -0.389. The van der Waals surface area contributed by atoms with E-state index in [1.807, 2.05) is 0 Å². The Bertz CT molecular complexity index is 744. The van der Waals surface area contributed by atoms with Crippen LogP contribution in [0.25, 0.3) is 0 Å². The molecule has 4 heteroatoms. The fraction of sp³-hybridized carbons (Fsp3) is 0.0667. The normalized spacial score (nSPS) is 13.1. The van der Waals surface area contributed by atoms with Gasteiger partial charge in [-0.2, -0.15) is 0 Å². The summed E-state index contributed by atoms with van der Waals surface area (Å²) in [7, 11) is 0. The molecule has 4 nitrogen and oxygen atoms in total. The maximum Gasteiger partial charge on any atom is 0.198 e. The number of rotatable bonds is 0. The summed E-state index contributed by atoms with van der Waals surface area (Å²) in [5.74, 6) is -1.37. The van der Waals surface area contributed by atoms with Crippen molar-refractivity contribution in [2.45, 2.75) is 6.92 Å². The van der Waals surface area contributed by atoms with Gasteiger partial charge in [-0.1, -0.05) is 18.2 Å². The molecule has 0 atom stereocenters. The van der Waals surface area contributed by atoms with E-state index < -0.39 is 0 Å². The molecule has 1 aliphatic carbocycles. The van der Waals surface area contributed by atoms with Crippen molar-refractivity contribution in [1.29, 1.82) is 0 Å². The van der Waals surface area contributed by atoms with Crippen LogP contribution in [0.3, 0.4) is 0 Å². The minimum absolute atomic E-state index is 0.0374. The third-order valence-corrected chi connectivity index (χ3v) is 3.32. The number of phenols is 2. The van der Waals surface area contributed by atoms with E-state index in [4.69, 9.17) is 0 Å². The first-order chi connectivity index (χ1) is 9.00. The average molecular weight is 254 g/mol. The molecule has 0 heterocycles. The molecule has 0 aromatic heterocycles. The standard InChI is InChI=1S/C15H10O4/c1-7-3-2-4-9-12(7)15(19)13-10(14(9)18)5-8(16)6-11(13)17/h2-6,16-17H,1H3. The van der Waals surface area contributed by atoms with E-state index in [0.29, 0.717) is 16.7 Å². The van der Waals surface area contributed by atoms with Gasteiger partial charge in [0.1, 0.15) is 11.5 Å². The zero-order chi connectivity index (χ0) is 13.7. The molecule has 0 radical (unpaired) electrons. The van der Waals surface area contributed by atoms with Gasteiger partial charge in [-0.25, -0.2) is 0 Å². The lowest BCUT2D eigenvalue weighted by Crippen LogP contribution is -2.22. The number of phenolic OH excluding ortho intramolecular Hbond substituents is 2. The monoisotopic (exact) mass is 254 g/mol. The highest BCUT2D eigenvalue weighted by Gasteiger charge is 2.33. The van der Waals surface area contributed by atoms with Gasteiger partial charge in [0, 0.05) is 22.8 Å². The zero-order valence-electron chi connectivity index (χ0n) is 10.1. The fourth-order valence-electron chi connectivity index (χ4n) is 2.46. The first-order valence-electron chi connectivity index (χ1n) is 5.75. The molecular formula is C15H10O4. The van der Waals surface area contributed by atoms with Gasteiger partial charge in [-0.15, -0.1) is 0 Å². The highest BCUT2D eigenvalue weighted by Crippen LogP contribution is 2.36. The van der Waals surface area contributed by atoms with Crippen LogP contribution in [0.15, 0.2) is 30.3 Å². The number of hydrogen-bond acceptors (Lipinski definition) is 4. The molecule has 0 unspecified atom stereocenters. The Morgan fingerprint density at radius 1 is 0.895 bits per heavy atom. The van der Waals surface area contributed by atoms with Gasteiger partial charge >= 0.3 is 0 Å². The van der Waals surface area contributed by atoms with Crippen LogP contribution in [-0.2, 0) is 0 Å². The van der Waals surface area contributed by atoms with Crippen molar-refractivity contribution in [3.05, 3.63) is 58.1 Å². The number of carbonyl (C=O) groups excluding carboxylic acids is 2. The van der Waals surface area contributed by atoms with Crippen LogP contribution in [0.1, 0.15) is 37.4 Å². The van der Waals surface area contributed by atoms with Crippen molar-refractivity contribution in [1.82, 2.24) is 0 Å². The first kappa shape index (κ1) is 11.5. The molecule has 94 valence electrons. The Kier molecular flexibility index (Phi) is 2.22. The lowest BCUT2D eigenvalue weighted by molar-refractivity contribution is 0.0976. The predicted octanol–water partition coefficient (Wildman–Crippen LogP) is 2.18. The summed E-state index contributed by atoms with van der Waals surface area (Å²) in [4.78, 5) is 24.7. The molecule has 1 aliphatic rings. The summed E-state index contributed by atoms with van der Waals surface area (Å²) in [6.45, 7) is 1.74. The maximum absolute atomic E-state index is 12.4. The number of aromatic hydroxyl groups is 2. The third-order valence-electron chi connectivity index (χ3n) is 3.32. The van der Waals surface area contributed by atoms with Gasteiger partial charge in [-0.05, 0) is 18.6 Å². The molecule has 2 N–H and O–H groups in total. The summed E-state index contributed by atoms with van der Waals surface area (Å²) >= 11 is 0. The van der Waals surface area contributed by atoms with E-state index >= 15 is 0 Å². The quantitative estimate of drug-likeness (QED) is 0.644. The van der Waals surface area contributed by atoms with Crippen molar-refractivity contribution in [3.63, 3.8) is 0 Å². The van der Waals surface area contributed by atoms with Gasteiger partial charge in [0.15, 0.2) is 11.6 Å². The molecule has 0 saturated heterocycles. The van der Waals surface area contributed by atoms with E-state index in [9.17, 15) is 19.8 Å². The smallest absolute Gasteiger partial charge is 0.198 e. The fourth-order valence-corrected chi connectivity index (χ4v) is 2.46. The number of carbonyl (C=O) groups is 2. The number of hydrogen-bond donors (Lipinski definition) is 2. The Labute approximate surface area is 108 Å². The summed E-state index contributed by atoms with van der Waals surface area (Å²) < 4.78 is 0. The Morgan fingerprint density at radius 2 is 1.63 bits per heavy atom. The van der Waals surface area contributed by atoms with Crippen molar-refractivity contribution in [2.24, 2.45) is 0 Å². The van der Waals surface area contributed by atoms with E-state index in [1.54, 1.807) is 25.1 Å². The molecular weight excluding hydrogens is 244 g/mol. The van der Waals surface area contributed by atoms with Gasteiger partial charge in [-0.3, -0.25) is 9.59 Å². The van der Waals surface area contributed by atoms with E-state index in [0.717, 1.165) is 6.07 Å². The Hall–Kier alpha value is -2.62. The molecule has 3 rings (SSSR count). The highest BCUT2D eigenvalue weighted by molar-refractivity contribution is 6.29. The van der Waals surface area contributed by atoms with Crippen LogP contribution < -0.4 is 0 Å². The van der Waals surface area contributed by atoms with Gasteiger partial charge in [0.2, 0.25) is 0 Å². The van der Waals surface area contributed by atoms with E-state index in [1.165, 1.54) is 6.07 Å². The summed E-state index contributed by atoms with van der Waals surface area (Å²) in [6, 6.07) is 7.29. The van der Waals surface area contributed by atoms with E-state index in [-0.39, 0.29) is 34.2 Å². The van der Waals surface area contributed by atoms with Crippen LogP contribution >= 0.6 is 0 Å². The first-order valence-corrected chi connectivity index (χ1v) is 5.75. The molecule has 0 aliphatic heterocycles. The average Bonchev–Trinajstić information content (AvgIpc) is 2.34. The van der Waals surface area contributed by atoms with Crippen LogP contribution in [-0.4, -0.2) is 21.8 Å². The molecule has 19 heavy (non-hydrogen) atoms. The van der Waals surface area contributed by atoms with Crippen molar-refractivity contribution in [3.8, 4) is 11.5 Å². The van der Waals surface area contributed by atoms with Crippen LogP contribution in [0.5, 0.6) is 11.5 Å². The number of fused-ring (bicyclic) bond motifs is 2. The van der Waals surface area contributed by atoms with Gasteiger partial charge in [0.05, 0.1) is 5.56 Å². The topological polar surface area (TPSA) is 74.6 Å². The van der Waals surface area contributed by atoms with Crippen molar-refractivity contribution < 1.29 is 19.8 Å². The Balaban J connectivity index is 2.40. The van der Waals surface area contributed by atoms with Crippen molar-refractivity contribution in [2.75, 3.05) is 0 Å². The van der Waals surface area contributed by atoms with Crippen LogP contribution in [0.4, 0.5) is 0 Å². The second-order valence-electron chi connectivity index (χ2n) is 4.54. The second kappa shape index (κ2) is 3.68. The summed E-state index contributed by atoms with van der Waals surface area (Å²) in [5, 5.41) is 19.3. The summed E-state index contributed by atoms with van der Waals surface area (Å²) in [6.07, 6.45) is 0. The SMILES string of the molecule is Cc1cccc2c1C(=O)c1c(O)cc(O)cc1C2=O. The highest BCUT2D eigenvalue weighted by atomic mass is 16.3. The molecule has 0 amide bonds. The lowest BCUT2D eigenvalue weighted by atomic mass is 9.81.